The van der Waals surface area contributed by atoms with Gasteiger partial charge in [-0.15, -0.1) is 0 Å². The monoisotopic (exact) mass is 353 g/mol. The van der Waals surface area contributed by atoms with Crippen LogP contribution in [-0.4, -0.2) is 31.6 Å². The molecule has 0 saturated heterocycles. The third kappa shape index (κ3) is 3.85. The molecular weight excluding hydrogens is 326 g/mol. The smallest absolute Gasteiger partial charge is 0.223 e. The van der Waals surface area contributed by atoms with E-state index in [1.54, 1.807) is 14.2 Å². The van der Waals surface area contributed by atoms with Crippen molar-refractivity contribution in [2.75, 3.05) is 20.8 Å². The van der Waals surface area contributed by atoms with E-state index in [1.807, 2.05) is 36.1 Å². The van der Waals surface area contributed by atoms with Crippen LogP contribution in [0.5, 0.6) is 11.5 Å². The summed E-state index contributed by atoms with van der Waals surface area (Å²) >= 11 is 0. The number of amides is 1. The second-order valence-corrected chi connectivity index (χ2v) is 6.74. The predicted octanol–water partition coefficient (Wildman–Crippen LogP) is 4.17. The molecule has 138 valence electrons. The van der Waals surface area contributed by atoms with Gasteiger partial charge in [-0.25, -0.2) is 0 Å². The molecule has 0 spiro atoms. The molecule has 0 aliphatic heterocycles. The van der Waals surface area contributed by atoms with Crippen molar-refractivity contribution >= 4 is 5.91 Å². The highest BCUT2D eigenvalue weighted by Crippen LogP contribution is 2.42. The lowest BCUT2D eigenvalue weighted by atomic mass is 9.96. The van der Waals surface area contributed by atoms with E-state index in [2.05, 4.69) is 18.2 Å². The van der Waals surface area contributed by atoms with Crippen molar-refractivity contribution in [1.29, 1.82) is 0 Å². The van der Waals surface area contributed by atoms with E-state index < -0.39 is 0 Å². The first-order chi connectivity index (χ1) is 12.7. The van der Waals surface area contributed by atoms with Crippen LogP contribution in [0.3, 0.4) is 0 Å². The van der Waals surface area contributed by atoms with Crippen LogP contribution < -0.4 is 9.47 Å². The Morgan fingerprint density at radius 2 is 1.81 bits per heavy atom. The number of methoxy groups -OCH3 is 2. The number of benzene rings is 2. The van der Waals surface area contributed by atoms with Gasteiger partial charge in [-0.2, -0.15) is 0 Å². The van der Waals surface area contributed by atoms with Crippen molar-refractivity contribution in [3.63, 3.8) is 0 Å². The molecule has 26 heavy (non-hydrogen) atoms. The summed E-state index contributed by atoms with van der Waals surface area (Å²) in [6.45, 7) is 3.43. The average molecular weight is 353 g/mol. The van der Waals surface area contributed by atoms with Crippen LogP contribution in [0, 0.1) is 0 Å². The zero-order chi connectivity index (χ0) is 18.5. The van der Waals surface area contributed by atoms with E-state index in [0.717, 1.165) is 30.9 Å². The van der Waals surface area contributed by atoms with Crippen LogP contribution in [0.4, 0.5) is 0 Å². The number of carbonyl (C=O) groups is 1. The summed E-state index contributed by atoms with van der Waals surface area (Å²) < 4.78 is 10.8. The van der Waals surface area contributed by atoms with Crippen LogP contribution in [-0.2, 0) is 17.8 Å². The highest BCUT2D eigenvalue weighted by Gasteiger charge is 2.28. The van der Waals surface area contributed by atoms with Gasteiger partial charge in [-0.1, -0.05) is 30.3 Å². The van der Waals surface area contributed by atoms with Gasteiger partial charge in [0.25, 0.3) is 0 Å². The van der Waals surface area contributed by atoms with Crippen molar-refractivity contribution in [1.82, 2.24) is 4.90 Å². The molecule has 0 fully saturated rings. The highest BCUT2D eigenvalue weighted by atomic mass is 16.5. The van der Waals surface area contributed by atoms with Crippen LogP contribution in [0.15, 0.2) is 42.5 Å². The lowest BCUT2D eigenvalue weighted by molar-refractivity contribution is -0.132. The van der Waals surface area contributed by atoms with E-state index in [-0.39, 0.29) is 11.8 Å². The first-order valence-electron chi connectivity index (χ1n) is 9.22. The molecule has 2 aromatic rings. The number of ether oxygens (including phenoxy) is 2. The molecule has 0 bridgehead atoms. The summed E-state index contributed by atoms with van der Waals surface area (Å²) in [6, 6.07) is 14.3. The highest BCUT2D eigenvalue weighted by molar-refractivity contribution is 5.77. The standard InChI is InChI=1S/C22H27NO3/c1-4-23(15-16-8-6-5-7-9-16)22(24)13-18-11-10-17-12-20(25-2)21(26-3)14-19(17)18/h5-9,12,14,18H,4,10-11,13,15H2,1-3H3. The molecule has 0 N–H and O–H groups in total. The van der Waals surface area contributed by atoms with E-state index in [1.165, 1.54) is 16.7 Å². The van der Waals surface area contributed by atoms with Gasteiger partial charge in [0.1, 0.15) is 0 Å². The Bertz CT molecular complexity index is 757. The van der Waals surface area contributed by atoms with Crippen LogP contribution in [0.1, 0.15) is 42.4 Å². The number of nitrogens with zero attached hydrogens (tertiary/aromatic N) is 1. The van der Waals surface area contributed by atoms with E-state index in [4.69, 9.17) is 9.47 Å². The summed E-state index contributed by atoms with van der Waals surface area (Å²) in [5.41, 5.74) is 3.67. The zero-order valence-electron chi connectivity index (χ0n) is 15.8. The lowest BCUT2D eigenvalue weighted by Gasteiger charge is -2.23. The fourth-order valence-electron chi connectivity index (χ4n) is 3.75. The minimum Gasteiger partial charge on any atom is -0.493 e. The lowest BCUT2D eigenvalue weighted by Crippen LogP contribution is -2.31. The quantitative estimate of drug-likeness (QED) is 0.750. The minimum atomic E-state index is 0.212. The molecule has 1 atom stereocenters. The van der Waals surface area contributed by atoms with Gasteiger partial charge >= 0.3 is 0 Å². The maximum absolute atomic E-state index is 12.9. The predicted molar refractivity (Wildman–Crippen MR) is 103 cm³/mol. The minimum absolute atomic E-state index is 0.212. The average Bonchev–Trinajstić information content (AvgIpc) is 3.07. The molecular formula is C22H27NO3. The fourth-order valence-corrected chi connectivity index (χ4v) is 3.75. The number of aryl methyl sites for hydroxylation is 1. The van der Waals surface area contributed by atoms with Crippen LogP contribution in [0.2, 0.25) is 0 Å². The second kappa shape index (κ2) is 8.26. The Morgan fingerprint density at radius 3 is 2.46 bits per heavy atom. The number of hydrogen-bond donors (Lipinski definition) is 0. The summed E-state index contributed by atoms with van der Waals surface area (Å²) in [5.74, 6) is 1.96. The summed E-state index contributed by atoms with van der Waals surface area (Å²) in [7, 11) is 3.31. The molecule has 1 aliphatic carbocycles. The summed E-state index contributed by atoms with van der Waals surface area (Å²) in [5, 5.41) is 0. The van der Waals surface area contributed by atoms with Crippen molar-refractivity contribution in [3.05, 3.63) is 59.2 Å². The Labute approximate surface area is 155 Å². The van der Waals surface area contributed by atoms with Crippen LogP contribution >= 0.6 is 0 Å². The van der Waals surface area contributed by atoms with Crippen molar-refractivity contribution in [2.45, 2.75) is 38.6 Å². The second-order valence-electron chi connectivity index (χ2n) is 6.74. The van der Waals surface area contributed by atoms with Gasteiger partial charge in [0.05, 0.1) is 14.2 Å². The number of carbonyl (C=O) groups excluding carboxylic acids is 1. The van der Waals surface area contributed by atoms with Gasteiger partial charge in [0.2, 0.25) is 5.91 Å². The van der Waals surface area contributed by atoms with Crippen molar-refractivity contribution in [2.24, 2.45) is 0 Å². The molecule has 4 nitrogen and oxygen atoms in total. The van der Waals surface area contributed by atoms with Crippen molar-refractivity contribution in [3.8, 4) is 11.5 Å². The SMILES string of the molecule is CCN(Cc1ccccc1)C(=O)CC1CCc2cc(OC)c(OC)cc21. The molecule has 3 rings (SSSR count). The molecule has 1 unspecified atom stereocenters. The third-order valence-electron chi connectivity index (χ3n) is 5.22. The molecule has 1 amide bonds. The van der Waals surface area contributed by atoms with E-state index >= 15 is 0 Å². The molecule has 4 heteroatoms. The zero-order valence-corrected chi connectivity index (χ0v) is 15.8. The Hall–Kier alpha value is -2.49. The molecule has 0 heterocycles. The Kier molecular flexibility index (Phi) is 5.82. The maximum Gasteiger partial charge on any atom is 0.223 e. The summed E-state index contributed by atoms with van der Waals surface area (Å²) in [4.78, 5) is 14.8. The number of hydrogen-bond acceptors (Lipinski definition) is 3. The Morgan fingerprint density at radius 1 is 1.12 bits per heavy atom. The molecule has 0 aromatic heterocycles. The van der Waals surface area contributed by atoms with Gasteiger partial charge < -0.3 is 14.4 Å². The fraction of sp³-hybridized carbons (Fsp3) is 0.409. The third-order valence-corrected chi connectivity index (χ3v) is 5.22. The van der Waals surface area contributed by atoms with E-state index in [0.29, 0.717) is 13.0 Å². The van der Waals surface area contributed by atoms with E-state index in [9.17, 15) is 4.79 Å². The van der Waals surface area contributed by atoms with Gasteiger partial charge in [0, 0.05) is 19.5 Å². The van der Waals surface area contributed by atoms with Crippen molar-refractivity contribution < 1.29 is 14.3 Å². The van der Waals surface area contributed by atoms with Gasteiger partial charge in [0.15, 0.2) is 11.5 Å². The summed E-state index contributed by atoms with van der Waals surface area (Å²) in [6.07, 6.45) is 2.53. The van der Waals surface area contributed by atoms with Gasteiger partial charge in [-0.3, -0.25) is 4.79 Å². The largest absolute Gasteiger partial charge is 0.493 e. The topological polar surface area (TPSA) is 38.8 Å². The number of fused-ring (bicyclic) bond motifs is 1. The van der Waals surface area contributed by atoms with Crippen LogP contribution in [0.25, 0.3) is 0 Å². The normalized spacial score (nSPS) is 15.4. The Balaban J connectivity index is 1.73. The first-order valence-corrected chi connectivity index (χ1v) is 9.22. The number of rotatable bonds is 7. The molecule has 2 aromatic carbocycles. The molecule has 0 radical (unpaired) electrons. The first kappa shape index (κ1) is 18.3. The molecule has 1 aliphatic rings. The molecule has 0 saturated carbocycles. The maximum atomic E-state index is 12.9. The van der Waals surface area contributed by atoms with Gasteiger partial charge in [-0.05, 0) is 54.5 Å².